The van der Waals surface area contributed by atoms with E-state index in [-0.39, 0.29) is 0 Å². The third kappa shape index (κ3) is 2.11. The van der Waals surface area contributed by atoms with E-state index in [9.17, 15) is 18.4 Å². The Labute approximate surface area is 70.4 Å². The van der Waals surface area contributed by atoms with Crippen LogP contribution in [0.15, 0.2) is 21.3 Å². The Balaban J connectivity index is 3.27. The molecule has 0 aliphatic carbocycles. The number of carboxylic acid groups (broad SMARTS) is 1. The molecule has 4 nitrogen and oxygen atoms in total. The van der Waals surface area contributed by atoms with Crippen molar-refractivity contribution in [1.82, 2.24) is 0 Å². The SMILES string of the molecule is O=C(O)c1cc(=O)cc(C(F)F)o1. The van der Waals surface area contributed by atoms with Crippen LogP contribution in [0.5, 0.6) is 0 Å². The molecule has 0 atom stereocenters. The molecule has 0 bridgehead atoms. The Bertz CT molecular complexity index is 382. The summed E-state index contributed by atoms with van der Waals surface area (Å²) in [5.74, 6) is -3.28. The zero-order chi connectivity index (χ0) is 10.0. The minimum Gasteiger partial charge on any atom is -0.475 e. The Morgan fingerprint density at radius 1 is 1.46 bits per heavy atom. The van der Waals surface area contributed by atoms with Crippen molar-refractivity contribution in [2.75, 3.05) is 0 Å². The van der Waals surface area contributed by atoms with Crippen LogP contribution in [0.1, 0.15) is 22.7 Å². The Morgan fingerprint density at radius 2 is 2.08 bits per heavy atom. The standard InChI is InChI=1S/C7H4F2O4/c8-6(9)4-1-3(10)2-5(13-4)7(11)12/h1-2,6H,(H,11,12). The lowest BCUT2D eigenvalue weighted by Crippen LogP contribution is -2.07. The molecule has 0 saturated carbocycles. The Hall–Kier alpha value is -1.72. The summed E-state index contributed by atoms with van der Waals surface area (Å²) in [5.41, 5.74) is -0.820. The van der Waals surface area contributed by atoms with Crippen molar-refractivity contribution in [2.45, 2.75) is 6.43 Å². The van der Waals surface area contributed by atoms with E-state index in [2.05, 4.69) is 4.42 Å². The highest BCUT2D eigenvalue weighted by Crippen LogP contribution is 2.17. The summed E-state index contributed by atoms with van der Waals surface area (Å²) in [6, 6.07) is 1.19. The summed E-state index contributed by atoms with van der Waals surface area (Å²) in [5, 5.41) is 8.34. The molecule has 0 aliphatic heterocycles. The van der Waals surface area contributed by atoms with E-state index < -0.39 is 29.3 Å². The van der Waals surface area contributed by atoms with Crippen molar-refractivity contribution in [3.63, 3.8) is 0 Å². The van der Waals surface area contributed by atoms with Crippen LogP contribution in [-0.2, 0) is 0 Å². The summed E-state index contributed by atoms with van der Waals surface area (Å²) in [6.45, 7) is 0. The molecule has 0 radical (unpaired) electrons. The van der Waals surface area contributed by atoms with E-state index >= 15 is 0 Å². The number of rotatable bonds is 2. The highest BCUT2D eigenvalue weighted by atomic mass is 19.3. The minimum atomic E-state index is -2.99. The lowest BCUT2D eigenvalue weighted by atomic mass is 10.3. The van der Waals surface area contributed by atoms with Crippen LogP contribution in [0.3, 0.4) is 0 Å². The molecule has 1 aromatic heterocycles. The first kappa shape index (κ1) is 9.37. The third-order valence-corrected chi connectivity index (χ3v) is 1.21. The molecule has 0 aliphatic rings. The van der Waals surface area contributed by atoms with Crippen molar-refractivity contribution < 1.29 is 23.1 Å². The first-order valence-electron chi connectivity index (χ1n) is 3.17. The highest BCUT2D eigenvalue weighted by molar-refractivity contribution is 5.84. The molecule has 0 aromatic carbocycles. The fourth-order valence-electron chi connectivity index (χ4n) is 0.710. The van der Waals surface area contributed by atoms with Gasteiger partial charge < -0.3 is 9.52 Å². The van der Waals surface area contributed by atoms with Crippen molar-refractivity contribution in [3.05, 3.63) is 33.9 Å². The first-order chi connectivity index (χ1) is 6.00. The lowest BCUT2D eigenvalue weighted by molar-refractivity contribution is 0.0635. The predicted molar refractivity (Wildman–Crippen MR) is 36.9 cm³/mol. The van der Waals surface area contributed by atoms with E-state index in [0.29, 0.717) is 12.1 Å². The second kappa shape index (κ2) is 3.34. The van der Waals surface area contributed by atoms with Crippen molar-refractivity contribution in [1.29, 1.82) is 0 Å². The van der Waals surface area contributed by atoms with E-state index in [1.807, 2.05) is 0 Å². The molecular weight excluding hydrogens is 186 g/mol. The van der Waals surface area contributed by atoms with Gasteiger partial charge in [-0.25, -0.2) is 13.6 Å². The second-order valence-corrected chi connectivity index (χ2v) is 2.17. The van der Waals surface area contributed by atoms with Crippen molar-refractivity contribution in [3.8, 4) is 0 Å². The van der Waals surface area contributed by atoms with Crippen LogP contribution in [0.2, 0.25) is 0 Å². The second-order valence-electron chi connectivity index (χ2n) is 2.17. The summed E-state index contributed by atoms with van der Waals surface area (Å²) in [6.07, 6.45) is -2.99. The van der Waals surface area contributed by atoms with Gasteiger partial charge in [-0.2, -0.15) is 0 Å². The lowest BCUT2D eigenvalue weighted by Gasteiger charge is -1.98. The molecule has 70 valence electrons. The third-order valence-electron chi connectivity index (χ3n) is 1.21. The average Bonchev–Trinajstić information content (AvgIpc) is 2.03. The fraction of sp³-hybridized carbons (Fsp3) is 0.143. The van der Waals surface area contributed by atoms with Gasteiger partial charge in [-0.3, -0.25) is 4.79 Å². The van der Waals surface area contributed by atoms with E-state index in [0.717, 1.165) is 0 Å². The van der Waals surface area contributed by atoms with E-state index in [4.69, 9.17) is 5.11 Å². The van der Waals surface area contributed by atoms with Gasteiger partial charge in [-0.1, -0.05) is 0 Å². The number of carbonyl (C=O) groups is 1. The Kier molecular flexibility index (Phi) is 2.41. The molecule has 0 fully saturated rings. The quantitative estimate of drug-likeness (QED) is 0.762. The van der Waals surface area contributed by atoms with Crippen LogP contribution in [0, 0.1) is 0 Å². The molecule has 0 saturated heterocycles. The number of carboxylic acids is 1. The van der Waals surface area contributed by atoms with Crippen LogP contribution < -0.4 is 5.43 Å². The van der Waals surface area contributed by atoms with Crippen LogP contribution in [0.25, 0.3) is 0 Å². The van der Waals surface area contributed by atoms with Crippen LogP contribution >= 0.6 is 0 Å². The number of alkyl halides is 2. The van der Waals surface area contributed by atoms with Gasteiger partial charge >= 0.3 is 5.97 Å². The molecule has 0 spiro atoms. The average molecular weight is 190 g/mol. The van der Waals surface area contributed by atoms with Crippen molar-refractivity contribution in [2.24, 2.45) is 0 Å². The summed E-state index contributed by atoms with van der Waals surface area (Å²) in [7, 11) is 0. The smallest absolute Gasteiger partial charge is 0.371 e. The van der Waals surface area contributed by atoms with Crippen molar-refractivity contribution >= 4 is 5.97 Å². The van der Waals surface area contributed by atoms with E-state index in [1.54, 1.807) is 0 Å². The van der Waals surface area contributed by atoms with Gasteiger partial charge in [0.05, 0.1) is 0 Å². The maximum atomic E-state index is 12.0. The molecule has 1 N–H and O–H groups in total. The molecule has 1 heterocycles. The first-order valence-corrected chi connectivity index (χ1v) is 3.17. The van der Waals surface area contributed by atoms with Gasteiger partial charge in [0.15, 0.2) is 11.2 Å². The Morgan fingerprint density at radius 3 is 2.54 bits per heavy atom. The van der Waals surface area contributed by atoms with Gasteiger partial charge in [0.1, 0.15) is 0 Å². The van der Waals surface area contributed by atoms with Gasteiger partial charge in [-0.15, -0.1) is 0 Å². The van der Waals surface area contributed by atoms with Gasteiger partial charge in [-0.05, 0) is 0 Å². The minimum absolute atomic E-state index is 0.553. The maximum Gasteiger partial charge on any atom is 0.371 e. The normalized spacial score (nSPS) is 10.4. The van der Waals surface area contributed by atoms with Gasteiger partial charge in [0.25, 0.3) is 6.43 Å². The molecule has 1 rings (SSSR count). The molecular formula is C7H4F2O4. The monoisotopic (exact) mass is 190 g/mol. The maximum absolute atomic E-state index is 12.0. The molecule has 6 heteroatoms. The summed E-state index contributed by atoms with van der Waals surface area (Å²) >= 11 is 0. The zero-order valence-electron chi connectivity index (χ0n) is 6.16. The fourth-order valence-corrected chi connectivity index (χ4v) is 0.710. The zero-order valence-corrected chi connectivity index (χ0v) is 6.16. The highest BCUT2D eigenvalue weighted by Gasteiger charge is 2.15. The molecule has 0 amide bonds. The number of hydrogen-bond donors (Lipinski definition) is 1. The summed E-state index contributed by atoms with van der Waals surface area (Å²) in [4.78, 5) is 20.9. The number of halogens is 2. The summed E-state index contributed by atoms with van der Waals surface area (Å²) < 4.78 is 28.2. The van der Waals surface area contributed by atoms with Gasteiger partial charge in [0, 0.05) is 12.1 Å². The van der Waals surface area contributed by atoms with Crippen LogP contribution in [0.4, 0.5) is 8.78 Å². The van der Waals surface area contributed by atoms with Gasteiger partial charge in [0.2, 0.25) is 5.76 Å². The predicted octanol–water partition coefficient (Wildman–Crippen LogP) is 1.28. The van der Waals surface area contributed by atoms with Crippen LogP contribution in [-0.4, -0.2) is 11.1 Å². The topological polar surface area (TPSA) is 67.5 Å². The molecule has 13 heavy (non-hydrogen) atoms. The number of aromatic carboxylic acids is 1. The number of hydrogen-bond acceptors (Lipinski definition) is 3. The molecule has 0 unspecified atom stereocenters. The van der Waals surface area contributed by atoms with E-state index in [1.165, 1.54) is 0 Å². The molecule has 1 aromatic rings. The largest absolute Gasteiger partial charge is 0.475 e.